The van der Waals surface area contributed by atoms with Gasteiger partial charge in [-0.25, -0.2) is 8.42 Å². The summed E-state index contributed by atoms with van der Waals surface area (Å²) in [6.07, 6.45) is 7.01. The SMILES string of the molecule is CCOc1ccccc1N(CC(=O)N(Cc1cccc(Br)c1)[C@H](C)C(=O)NC1CCCCC1)S(=O)(=O)c1ccc(SC)cc1. The zero-order valence-corrected chi connectivity index (χ0v) is 28.6. The maximum atomic E-state index is 14.3. The number of para-hydroxylation sites is 2. The van der Waals surface area contributed by atoms with Crippen molar-refractivity contribution in [2.24, 2.45) is 0 Å². The third kappa shape index (κ3) is 8.57. The Balaban J connectivity index is 1.72. The normalized spacial score (nSPS) is 14.5. The first-order chi connectivity index (χ1) is 21.1. The molecule has 1 fully saturated rings. The molecule has 0 unspecified atom stereocenters. The van der Waals surface area contributed by atoms with Crippen molar-refractivity contribution in [1.82, 2.24) is 10.2 Å². The van der Waals surface area contributed by atoms with Crippen LogP contribution in [0.4, 0.5) is 5.69 Å². The van der Waals surface area contributed by atoms with Crippen molar-refractivity contribution in [2.75, 3.05) is 23.7 Å². The van der Waals surface area contributed by atoms with E-state index in [-0.39, 0.29) is 29.1 Å². The minimum atomic E-state index is -4.21. The minimum absolute atomic E-state index is 0.0519. The van der Waals surface area contributed by atoms with Gasteiger partial charge in [0.1, 0.15) is 18.3 Å². The highest BCUT2D eigenvalue weighted by Gasteiger charge is 2.34. The van der Waals surface area contributed by atoms with Crippen molar-refractivity contribution in [2.45, 2.75) is 74.4 Å². The highest BCUT2D eigenvalue weighted by atomic mass is 79.9. The summed E-state index contributed by atoms with van der Waals surface area (Å²) in [6, 6.07) is 20.1. The maximum absolute atomic E-state index is 14.3. The number of sulfonamides is 1. The van der Waals surface area contributed by atoms with Gasteiger partial charge in [-0.05, 0) is 87.0 Å². The fourth-order valence-electron chi connectivity index (χ4n) is 5.31. The summed E-state index contributed by atoms with van der Waals surface area (Å²) in [5.41, 5.74) is 1.06. The minimum Gasteiger partial charge on any atom is -0.492 e. The second-order valence-electron chi connectivity index (χ2n) is 10.8. The molecule has 0 bridgehead atoms. The van der Waals surface area contributed by atoms with E-state index in [1.165, 1.54) is 16.7 Å². The van der Waals surface area contributed by atoms with Crippen LogP contribution in [-0.4, -0.2) is 56.6 Å². The molecule has 0 saturated heterocycles. The quantitative estimate of drug-likeness (QED) is 0.201. The van der Waals surface area contributed by atoms with Gasteiger partial charge in [0.05, 0.1) is 17.2 Å². The molecule has 3 aromatic rings. The van der Waals surface area contributed by atoms with Crippen molar-refractivity contribution in [3.63, 3.8) is 0 Å². The number of hydrogen-bond donors (Lipinski definition) is 1. The van der Waals surface area contributed by atoms with Crippen molar-refractivity contribution in [3.8, 4) is 5.75 Å². The molecule has 0 spiro atoms. The molecule has 11 heteroatoms. The number of rotatable bonds is 13. The number of ether oxygens (including phenoxy) is 1. The van der Waals surface area contributed by atoms with E-state index in [9.17, 15) is 18.0 Å². The third-order valence-electron chi connectivity index (χ3n) is 7.72. The lowest BCUT2D eigenvalue weighted by Gasteiger charge is -2.33. The van der Waals surface area contributed by atoms with E-state index in [2.05, 4.69) is 21.2 Å². The molecule has 2 amide bonds. The van der Waals surface area contributed by atoms with Gasteiger partial charge in [-0.1, -0.05) is 59.5 Å². The zero-order chi connectivity index (χ0) is 31.7. The van der Waals surface area contributed by atoms with Crippen LogP contribution >= 0.6 is 27.7 Å². The van der Waals surface area contributed by atoms with Crippen molar-refractivity contribution in [3.05, 3.63) is 82.8 Å². The lowest BCUT2D eigenvalue weighted by molar-refractivity contribution is -0.139. The number of halogens is 1. The number of nitrogens with one attached hydrogen (secondary N) is 1. The molecule has 8 nitrogen and oxygen atoms in total. The van der Waals surface area contributed by atoms with Gasteiger partial charge in [-0.3, -0.25) is 13.9 Å². The summed E-state index contributed by atoms with van der Waals surface area (Å²) < 4.78 is 36.2. The Morgan fingerprint density at radius 1 is 1.02 bits per heavy atom. The third-order valence-corrected chi connectivity index (χ3v) is 10.7. The largest absolute Gasteiger partial charge is 0.492 e. The Morgan fingerprint density at radius 2 is 1.73 bits per heavy atom. The standard InChI is InChI=1S/C33H40BrN3O5S2/c1-4-42-31-16-9-8-15-30(31)37(44(40,41)29-19-17-28(43-3)18-20-29)23-32(38)36(22-25-11-10-12-26(34)21-25)24(2)33(39)35-27-13-6-5-7-14-27/h8-12,15-21,24,27H,4-7,13-14,22-23H2,1-3H3,(H,35,39)/t24-/m1/s1. The summed E-state index contributed by atoms with van der Waals surface area (Å²) in [5.74, 6) is -0.419. The van der Waals surface area contributed by atoms with Gasteiger partial charge in [0.15, 0.2) is 0 Å². The molecule has 44 heavy (non-hydrogen) atoms. The zero-order valence-electron chi connectivity index (χ0n) is 25.4. The highest BCUT2D eigenvalue weighted by molar-refractivity contribution is 9.10. The van der Waals surface area contributed by atoms with Crippen LogP contribution in [0.1, 0.15) is 51.5 Å². The summed E-state index contributed by atoms with van der Waals surface area (Å²) in [4.78, 5) is 30.2. The summed E-state index contributed by atoms with van der Waals surface area (Å²) in [6.45, 7) is 3.43. The summed E-state index contributed by atoms with van der Waals surface area (Å²) in [7, 11) is -4.21. The van der Waals surface area contributed by atoms with E-state index in [0.29, 0.717) is 12.4 Å². The fraction of sp³-hybridized carbons (Fsp3) is 0.394. The van der Waals surface area contributed by atoms with Crippen LogP contribution in [0, 0.1) is 0 Å². The van der Waals surface area contributed by atoms with Gasteiger partial charge in [0, 0.05) is 22.0 Å². The molecule has 3 aromatic carbocycles. The van der Waals surface area contributed by atoms with Gasteiger partial charge in [0.25, 0.3) is 10.0 Å². The van der Waals surface area contributed by atoms with Crippen molar-refractivity contribution >= 4 is 55.2 Å². The molecular formula is C33H40BrN3O5S2. The smallest absolute Gasteiger partial charge is 0.264 e. The van der Waals surface area contributed by atoms with Gasteiger partial charge >= 0.3 is 0 Å². The van der Waals surface area contributed by atoms with Crippen molar-refractivity contribution in [1.29, 1.82) is 0 Å². The predicted octanol–water partition coefficient (Wildman–Crippen LogP) is 6.63. The molecule has 0 radical (unpaired) electrons. The topological polar surface area (TPSA) is 96.0 Å². The predicted molar refractivity (Wildman–Crippen MR) is 180 cm³/mol. The first kappa shape index (κ1) is 33.9. The summed E-state index contributed by atoms with van der Waals surface area (Å²) >= 11 is 5.00. The van der Waals surface area contributed by atoms with Gasteiger partial charge in [-0.15, -0.1) is 11.8 Å². The molecule has 4 rings (SSSR count). The molecule has 1 atom stereocenters. The second-order valence-corrected chi connectivity index (χ2v) is 14.4. The van der Waals surface area contributed by atoms with Crippen LogP contribution in [0.25, 0.3) is 0 Å². The Kier molecular flexibility index (Phi) is 12.2. The number of benzene rings is 3. The Morgan fingerprint density at radius 3 is 2.39 bits per heavy atom. The number of hydrogen-bond acceptors (Lipinski definition) is 6. The lowest BCUT2D eigenvalue weighted by Crippen LogP contribution is -2.53. The average molecular weight is 703 g/mol. The number of amides is 2. The lowest BCUT2D eigenvalue weighted by atomic mass is 9.95. The van der Waals surface area contributed by atoms with Crippen LogP contribution in [0.2, 0.25) is 0 Å². The number of thioether (sulfide) groups is 1. The van der Waals surface area contributed by atoms with E-state index >= 15 is 0 Å². The summed E-state index contributed by atoms with van der Waals surface area (Å²) in [5, 5.41) is 3.13. The molecule has 0 aliphatic heterocycles. The number of nitrogens with zero attached hydrogens (tertiary/aromatic N) is 2. The number of carbonyl (C=O) groups excluding carboxylic acids is 2. The highest BCUT2D eigenvalue weighted by Crippen LogP contribution is 2.33. The van der Waals surface area contributed by atoms with Gasteiger partial charge in [-0.2, -0.15) is 0 Å². The van der Waals surface area contributed by atoms with E-state index in [4.69, 9.17) is 4.74 Å². The first-order valence-corrected chi connectivity index (χ1v) is 18.3. The molecule has 1 aliphatic carbocycles. The molecule has 1 N–H and O–H groups in total. The van der Waals surface area contributed by atoms with E-state index in [1.54, 1.807) is 55.5 Å². The van der Waals surface area contributed by atoms with Gasteiger partial charge in [0.2, 0.25) is 11.8 Å². The van der Waals surface area contributed by atoms with Crippen LogP contribution < -0.4 is 14.4 Å². The molecular weight excluding hydrogens is 662 g/mol. The Bertz CT molecular complexity index is 1530. The maximum Gasteiger partial charge on any atom is 0.264 e. The monoisotopic (exact) mass is 701 g/mol. The van der Waals surface area contributed by atoms with Gasteiger partial charge < -0.3 is 15.0 Å². The van der Waals surface area contributed by atoms with Crippen LogP contribution in [0.3, 0.4) is 0 Å². The Labute approximate surface area is 273 Å². The first-order valence-electron chi connectivity index (χ1n) is 14.9. The number of anilines is 1. The second kappa shape index (κ2) is 15.8. The molecule has 0 heterocycles. The van der Waals surface area contributed by atoms with E-state index < -0.39 is 28.5 Å². The van der Waals surface area contributed by atoms with E-state index in [0.717, 1.165) is 51.3 Å². The van der Waals surface area contributed by atoms with Crippen LogP contribution in [-0.2, 0) is 26.2 Å². The average Bonchev–Trinajstić information content (AvgIpc) is 3.03. The molecule has 1 aliphatic rings. The van der Waals surface area contributed by atoms with Crippen LogP contribution in [0.15, 0.2) is 87.1 Å². The van der Waals surface area contributed by atoms with E-state index in [1.807, 2.05) is 37.4 Å². The fourth-order valence-corrected chi connectivity index (χ4v) is 7.59. The number of carbonyl (C=O) groups is 2. The van der Waals surface area contributed by atoms with Crippen LogP contribution in [0.5, 0.6) is 5.75 Å². The molecule has 1 saturated carbocycles. The van der Waals surface area contributed by atoms with Crippen molar-refractivity contribution < 1.29 is 22.7 Å². The molecule has 236 valence electrons. The Hall–Kier alpha value is -3.02. The molecule has 0 aromatic heterocycles.